The molecule has 2 aromatic carbocycles. The van der Waals surface area contributed by atoms with Gasteiger partial charge in [0, 0.05) is 5.92 Å². The molecule has 25 heavy (non-hydrogen) atoms. The highest BCUT2D eigenvalue weighted by Crippen LogP contribution is 2.39. The molecule has 1 aromatic heterocycles. The number of carbonyl (C=O) groups excluding carboxylic acids is 1. The van der Waals surface area contributed by atoms with E-state index in [1.165, 1.54) is 0 Å². The van der Waals surface area contributed by atoms with E-state index in [2.05, 4.69) is 10.6 Å². The van der Waals surface area contributed by atoms with Crippen LogP contribution < -0.4 is 5.48 Å². The van der Waals surface area contributed by atoms with Gasteiger partial charge in [-0.2, -0.15) is 5.10 Å². The molecule has 5 heteroatoms. The van der Waals surface area contributed by atoms with Crippen molar-refractivity contribution in [3.8, 4) is 5.69 Å². The van der Waals surface area contributed by atoms with Crippen molar-refractivity contribution in [1.29, 1.82) is 0 Å². The molecule has 1 amide bonds. The van der Waals surface area contributed by atoms with Gasteiger partial charge in [0.05, 0.1) is 18.0 Å². The SMILES string of the molecule is O=C(NOCc1ccccc1)c1cc(C2CC2)nn1-c1ccccc1. The second kappa shape index (κ2) is 6.91. The molecule has 0 atom stereocenters. The zero-order chi connectivity index (χ0) is 17.1. The summed E-state index contributed by atoms with van der Waals surface area (Å²) < 4.78 is 1.69. The van der Waals surface area contributed by atoms with E-state index >= 15 is 0 Å². The Bertz CT molecular complexity index is 855. The summed E-state index contributed by atoms with van der Waals surface area (Å²) in [6.45, 7) is 0.321. The molecular weight excluding hydrogens is 314 g/mol. The molecule has 1 aliphatic rings. The number of carbonyl (C=O) groups is 1. The molecule has 1 fully saturated rings. The Labute approximate surface area is 146 Å². The number of nitrogens with zero attached hydrogens (tertiary/aromatic N) is 2. The predicted octanol–water partition coefficient (Wildman–Crippen LogP) is 3.61. The Morgan fingerprint density at radius 1 is 1.08 bits per heavy atom. The van der Waals surface area contributed by atoms with E-state index in [-0.39, 0.29) is 5.91 Å². The summed E-state index contributed by atoms with van der Waals surface area (Å²) in [5, 5.41) is 4.63. The molecule has 4 rings (SSSR count). The molecule has 0 radical (unpaired) electrons. The van der Waals surface area contributed by atoms with Crippen molar-refractivity contribution in [1.82, 2.24) is 15.3 Å². The largest absolute Gasteiger partial charge is 0.293 e. The van der Waals surface area contributed by atoms with Crippen molar-refractivity contribution in [3.05, 3.63) is 83.7 Å². The van der Waals surface area contributed by atoms with Gasteiger partial charge in [0.25, 0.3) is 5.91 Å². The average Bonchev–Trinajstić information content (AvgIpc) is 3.41. The molecule has 0 unspecified atom stereocenters. The van der Waals surface area contributed by atoms with Gasteiger partial charge < -0.3 is 0 Å². The van der Waals surface area contributed by atoms with E-state index in [4.69, 9.17) is 4.84 Å². The maximum absolute atomic E-state index is 12.6. The van der Waals surface area contributed by atoms with E-state index in [1.807, 2.05) is 66.7 Å². The fourth-order valence-electron chi connectivity index (χ4n) is 2.72. The highest BCUT2D eigenvalue weighted by Gasteiger charge is 2.29. The first-order valence-corrected chi connectivity index (χ1v) is 8.43. The Morgan fingerprint density at radius 3 is 2.44 bits per heavy atom. The van der Waals surface area contributed by atoms with Crippen LogP contribution in [0.5, 0.6) is 0 Å². The van der Waals surface area contributed by atoms with Crippen LogP contribution in [0.1, 0.15) is 40.5 Å². The number of hydrogen-bond donors (Lipinski definition) is 1. The molecule has 126 valence electrons. The van der Waals surface area contributed by atoms with Crippen molar-refractivity contribution in [2.24, 2.45) is 0 Å². The lowest BCUT2D eigenvalue weighted by atomic mass is 10.2. The van der Waals surface area contributed by atoms with Crippen LogP contribution in [0.4, 0.5) is 0 Å². The van der Waals surface area contributed by atoms with Crippen molar-refractivity contribution >= 4 is 5.91 Å². The standard InChI is InChI=1S/C20H19N3O2/c24-20(22-25-14-15-7-3-1-4-8-15)19-13-18(16-11-12-16)21-23(19)17-9-5-2-6-10-17/h1-10,13,16H,11-12,14H2,(H,22,24). The van der Waals surface area contributed by atoms with Gasteiger partial charge in [0.1, 0.15) is 5.69 Å². The molecule has 1 saturated carbocycles. The molecule has 1 N–H and O–H groups in total. The van der Waals surface area contributed by atoms with Crippen molar-refractivity contribution in [2.45, 2.75) is 25.4 Å². The van der Waals surface area contributed by atoms with Crippen LogP contribution in [-0.4, -0.2) is 15.7 Å². The lowest BCUT2D eigenvalue weighted by molar-refractivity contribution is 0.0227. The zero-order valence-corrected chi connectivity index (χ0v) is 13.8. The van der Waals surface area contributed by atoms with Crippen LogP contribution in [-0.2, 0) is 11.4 Å². The highest BCUT2D eigenvalue weighted by molar-refractivity contribution is 5.92. The second-order valence-electron chi connectivity index (χ2n) is 6.18. The minimum atomic E-state index is -0.292. The third-order valence-electron chi connectivity index (χ3n) is 4.20. The number of hydroxylamine groups is 1. The average molecular weight is 333 g/mol. The third kappa shape index (κ3) is 3.61. The monoisotopic (exact) mass is 333 g/mol. The molecule has 3 aromatic rings. The predicted molar refractivity (Wildman–Crippen MR) is 94.2 cm³/mol. The van der Waals surface area contributed by atoms with Gasteiger partial charge in [-0.1, -0.05) is 48.5 Å². The number of nitrogens with one attached hydrogen (secondary N) is 1. The first-order valence-electron chi connectivity index (χ1n) is 8.43. The van der Waals surface area contributed by atoms with Gasteiger partial charge in [-0.05, 0) is 36.6 Å². The summed E-state index contributed by atoms with van der Waals surface area (Å²) in [4.78, 5) is 18.0. The number of benzene rings is 2. The summed E-state index contributed by atoms with van der Waals surface area (Å²) in [6, 6.07) is 21.3. The van der Waals surface area contributed by atoms with Crippen LogP contribution in [0, 0.1) is 0 Å². The minimum absolute atomic E-state index is 0.292. The molecule has 1 aliphatic carbocycles. The van der Waals surface area contributed by atoms with Gasteiger partial charge in [-0.3, -0.25) is 9.63 Å². The van der Waals surface area contributed by atoms with E-state index < -0.39 is 0 Å². The van der Waals surface area contributed by atoms with Gasteiger partial charge in [-0.15, -0.1) is 0 Å². The number of amides is 1. The Balaban J connectivity index is 1.51. The second-order valence-corrected chi connectivity index (χ2v) is 6.18. The smallest absolute Gasteiger partial charge is 0.269 e. The maximum Gasteiger partial charge on any atom is 0.293 e. The molecule has 0 bridgehead atoms. The summed E-state index contributed by atoms with van der Waals surface area (Å²) in [5.41, 5.74) is 5.85. The topological polar surface area (TPSA) is 56.1 Å². The van der Waals surface area contributed by atoms with E-state index in [0.717, 1.165) is 29.8 Å². The van der Waals surface area contributed by atoms with Crippen LogP contribution in [0.15, 0.2) is 66.7 Å². The summed E-state index contributed by atoms with van der Waals surface area (Å²) in [5.74, 6) is 0.181. The maximum atomic E-state index is 12.6. The molecule has 5 nitrogen and oxygen atoms in total. The molecule has 1 heterocycles. The number of aromatic nitrogens is 2. The lowest BCUT2D eigenvalue weighted by Crippen LogP contribution is -2.26. The Hall–Kier alpha value is -2.92. The molecular formula is C20H19N3O2. The minimum Gasteiger partial charge on any atom is -0.269 e. The van der Waals surface area contributed by atoms with E-state index in [1.54, 1.807) is 4.68 Å². The number of para-hydroxylation sites is 1. The number of hydrogen-bond acceptors (Lipinski definition) is 3. The third-order valence-corrected chi connectivity index (χ3v) is 4.20. The van der Waals surface area contributed by atoms with Gasteiger partial charge in [0.2, 0.25) is 0 Å². The zero-order valence-electron chi connectivity index (χ0n) is 13.8. The van der Waals surface area contributed by atoms with Crippen molar-refractivity contribution in [3.63, 3.8) is 0 Å². The molecule has 0 aliphatic heterocycles. The van der Waals surface area contributed by atoms with E-state index in [0.29, 0.717) is 18.2 Å². The molecule has 0 spiro atoms. The fourth-order valence-corrected chi connectivity index (χ4v) is 2.72. The summed E-state index contributed by atoms with van der Waals surface area (Å²) >= 11 is 0. The number of rotatable bonds is 6. The Kier molecular flexibility index (Phi) is 4.31. The summed E-state index contributed by atoms with van der Waals surface area (Å²) in [7, 11) is 0. The van der Waals surface area contributed by atoms with Crippen LogP contribution >= 0.6 is 0 Å². The van der Waals surface area contributed by atoms with Gasteiger partial charge >= 0.3 is 0 Å². The van der Waals surface area contributed by atoms with Gasteiger partial charge in [0.15, 0.2) is 0 Å². The van der Waals surface area contributed by atoms with E-state index in [9.17, 15) is 4.79 Å². The van der Waals surface area contributed by atoms with Crippen LogP contribution in [0.2, 0.25) is 0 Å². The van der Waals surface area contributed by atoms with Crippen LogP contribution in [0.3, 0.4) is 0 Å². The van der Waals surface area contributed by atoms with Gasteiger partial charge in [-0.25, -0.2) is 10.2 Å². The fraction of sp³-hybridized carbons (Fsp3) is 0.200. The lowest BCUT2D eigenvalue weighted by Gasteiger charge is -2.08. The van der Waals surface area contributed by atoms with Crippen LogP contribution in [0.25, 0.3) is 5.69 Å². The first-order chi connectivity index (χ1) is 12.3. The molecule has 0 saturated heterocycles. The van der Waals surface area contributed by atoms with Crippen molar-refractivity contribution < 1.29 is 9.63 Å². The normalized spacial score (nSPS) is 13.6. The summed E-state index contributed by atoms with van der Waals surface area (Å²) in [6.07, 6.45) is 2.27. The quantitative estimate of drug-likeness (QED) is 0.701. The first kappa shape index (κ1) is 15.6. The highest BCUT2D eigenvalue weighted by atomic mass is 16.6. The van der Waals surface area contributed by atoms with Crippen molar-refractivity contribution in [2.75, 3.05) is 0 Å². The Morgan fingerprint density at radius 2 is 1.76 bits per heavy atom.